The third-order valence-electron chi connectivity index (χ3n) is 12.2. The molecule has 5 amide bonds. The Hall–Kier alpha value is -2.30. The molecule has 0 aromatic rings. The number of hydrogen-bond acceptors (Lipinski definition) is 7. The summed E-state index contributed by atoms with van der Waals surface area (Å²) in [5.74, 6) is -2.93. The third-order valence-corrected chi connectivity index (χ3v) is 18.2. The Kier molecular flexibility index (Phi) is 14.1. The number of piperidine rings is 1. The van der Waals surface area contributed by atoms with E-state index in [1.807, 2.05) is 20.8 Å². The van der Waals surface area contributed by atoms with E-state index in [2.05, 4.69) is 27.8 Å². The van der Waals surface area contributed by atoms with Crippen LogP contribution >= 0.6 is 0 Å². The quantitative estimate of drug-likeness (QED) is 0.0444. The number of nitrogens with zero attached hydrogens (tertiary/aromatic N) is 1. The van der Waals surface area contributed by atoms with Gasteiger partial charge in [0.05, 0.1) is 4.75 Å². The van der Waals surface area contributed by atoms with Crippen molar-refractivity contribution in [2.75, 3.05) is 29.9 Å². The molecular weight excluding hydrogens is 816 g/mol. The number of fused-ring (bicyclic) bond motifs is 1. The molecule has 1 saturated heterocycles. The number of urea groups is 1. The number of rotatable bonds is 16. The van der Waals surface area contributed by atoms with E-state index >= 15 is 0 Å². The van der Waals surface area contributed by atoms with Crippen molar-refractivity contribution < 1.29 is 58.0 Å². The Balaban J connectivity index is 1.62. The van der Waals surface area contributed by atoms with E-state index in [1.165, 1.54) is 6.08 Å². The van der Waals surface area contributed by atoms with Crippen molar-refractivity contribution in [2.24, 2.45) is 22.7 Å². The van der Waals surface area contributed by atoms with Gasteiger partial charge in [-0.3, -0.25) is 0 Å². The summed E-state index contributed by atoms with van der Waals surface area (Å²) < 4.78 is 38.2. The van der Waals surface area contributed by atoms with Crippen LogP contribution in [0.3, 0.4) is 0 Å². The monoisotopic (exact) mass is 878 g/mol. The fraction of sp³-hybridized carbons (Fsp3) is 0.816. The summed E-state index contributed by atoms with van der Waals surface area (Å²) in [4.78, 5) is 70.7. The molecule has 3 saturated carbocycles. The number of ketones is 1. The molecule has 0 aromatic heterocycles. The summed E-state index contributed by atoms with van der Waals surface area (Å²) in [6.07, 6.45) is 9.30. The number of likely N-dealkylation sites (tertiary alicyclic amines) is 1. The topological polar surface area (TPSA) is 171 Å². The van der Waals surface area contributed by atoms with Gasteiger partial charge in [-0.15, -0.1) is 0 Å². The zero-order valence-electron chi connectivity index (χ0n) is 32.5. The fourth-order valence-corrected chi connectivity index (χ4v) is 12.8. The minimum atomic E-state index is -3.59. The zero-order chi connectivity index (χ0) is 39.4. The maximum atomic E-state index is 14.9. The van der Waals surface area contributed by atoms with Crippen LogP contribution in [0.1, 0.15) is 112 Å². The Morgan fingerprint density at radius 1 is 0.962 bits per heavy atom. The normalized spacial score (nSPS) is 25.6. The number of Topliss-reactive ketones (excluding diaryl/α,β-unsaturated/α-hetero) is 1. The molecule has 302 valence electrons. The average Bonchev–Trinajstić information content (AvgIpc) is 3.38. The standard InChI is InChI=1S/C38H62FIN5O7S/c1-8-22-41-32(48)28(46)30(40-21-15-20-39)43-31(47)27-26-25(36(26,5)6)23-45(27)33(49)29(37(7)16-11-9-12-17-37)42-34(50)44-38(18-13-10-14-19-38)24-53(51,52)35(2,3)4/h8,25-27,29-30H,1,9-24H2,2-7H3,(H,41,48)(H,43,47)(H2,42,44,50)/q-1/t25?,26?,27-,29+,30?/m0/s1. The fourth-order valence-electron chi connectivity index (χ4n) is 8.67. The molecule has 15 heteroatoms. The Morgan fingerprint density at radius 2 is 1.57 bits per heavy atom. The molecule has 1 aliphatic heterocycles. The van der Waals surface area contributed by atoms with Gasteiger partial charge >= 0.3 is 264 Å². The van der Waals surface area contributed by atoms with Crippen LogP contribution in [-0.4, -0.2) is 99.2 Å². The van der Waals surface area contributed by atoms with Crippen molar-refractivity contribution in [2.45, 2.75) is 139 Å². The molecule has 4 aliphatic rings. The van der Waals surface area contributed by atoms with Gasteiger partial charge in [0.15, 0.2) is 9.84 Å². The molecule has 0 spiro atoms. The molecule has 53 heavy (non-hydrogen) atoms. The number of sulfone groups is 1. The van der Waals surface area contributed by atoms with Crippen LogP contribution in [0.2, 0.25) is 0 Å². The summed E-state index contributed by atoms with van der Waals surface area (Å²) in [7, 11) is -3.59. The van der Waals surface area contributed by atoms with Gasteiger partial charge in [0.25, 0.3) is 0 Å². The summed E-state index contributed by atoms with van der Waals surface area (Å²) in [5.41, 5.74) is -1.83. The molecule has 0 radical (unpaired) electrons. The van der Waals surface area contributed by atoms with Gasteiger partial charge in [-0.2, -0.15) is 0 Å². The van der Waals surface area contributed by atoms with Crippen LogP contribution < -0.4 is 42.5 Å². The minimum absolute atomic E-state index is 0.0234. The zero-order valence-corrected chi connectivity index (χ0v) is 35.4. The molecule has 0 aromatic carbocycles. The average molecular weight is 879 g/mol. The summed E-state index contributed by atoms with van der Waals surface area (Å²) in [6, 6.07) is -2.52. The van der Waals surface area contributed by atoms with Crippen LogP contribution in [0.5, 0.6) is 0 Å². The number of carbonyl (C=O) groups is 5. The van der Waals surface area contributed by atoms with E-state index in [4.69, 9.17) is 0 Å². The van der Waals surface area contributed by atoms with Crippen molar-refractivity contribution in [1.29, 1.82) is 0 Å². The van der Waals surface area contributed by atoms with E-state index < -0.39 is 93.2 Å². The number of hydrogen-bond donors (Lipinski definition) is 4. The Bertz CT molecular complexity index is 1500. The van der Waals surface area contributed by atoms with Crippen molar-refractivity contribution in [1.82, 2.24) is 26.2 Å². The molecule has 4 rings (SSSR count). The van der Waals surface area contributed by atoms with Crippen LogP contribution in [0.15, 0.2) is 12.7 Å². The number of amides is 5. The molecule has 4 N–H and O–H groups in total. The SMILES string of the molecule is C=CCNC(=O)C(=O)C(NC(=O)[C@@H]1C2C(CN1C(=O)[C@@H](NC(=O)NC1(CS(=O)(=O)C(C)(C)C)CCCCC1)C1(C)CCCCC1)C2(C)C)[I-]CCCF. The van der Waals surface area contributed by atoms with Gasteiger partial charge in [-0.05, 0) is 20.8 Å². The van der Waals surface area contributed by atoms with Crippen molar-refractivity contribution in [3.63, 3.8) is 0 Å². The van der Waals surface area contributed by atoms with E-state index in [-0.39, 0.29) is 41.9 Å². The first-order chi connectivity index (χ1) is 24.7. The summed E-state index contributed by atoms with van der Waals surface area (Å²) >= 11 is -1.14. The third kappa shape index (κ3) is 9.93. The van der Waals surface area contributed by atoms with Gasteiger partial charge in [0, 0.05) is 0 Å². The predicted octanol–water partition coefficient (Wildman–Crippen LogP) is 0.786. The predicted molar refractivity (Wildman–Crippen MR) is 198 cm³/mol. The molecule has 4 fully saturated rings. The van der Waals surface area contributed by atoms with Gasteiger partial charge in [0.2, 0.25) is 0 Å². The van der Waals surface area contributed by atoms with Crippen LogP contribution in [0.25, 0.3) is 0 Å². The maximum absolute atomic E-state index is 14.9. The number of alkyl halides is 3. The second kappa shape index (κ2) is 17.2. The van der Waals surface area contributed by atoms with E-state index in [9.17, 15) is 36.8 Å². The second-order valence-electron chi connectivity index (χ2n) is 17.5. The van der Waals surface area contributed by atoms with Crippen LogP contribution in [0.4, 0.5) is 9.18 Å². The molecule has 0 bridgehead atoms. The molecule has 12 nitrogen and oxygen atoms in total. The van der Waals surface area contributed by atoms with Gasteiger partial charge in [0.1, 0.15) is 0 Å². The van der Waals surface area contributed by atoms with Crippen LogP contribution in [-0.2, 0) is 29.0 Å². The van der Waals surface area contributed by atoms with Crippen molar-refractivity contribution >= 4 is 39.4 Å². The first-order valence-electron chi connectivity index (χ1n) is 19.2. The summed E-state index contributed by atoms with van der Waals surface area (Å²) in [6.45, 7) is 14.4. The molecule has 3 unspecified atom stereocenters. The number of halogens is 2. The Morgan fingerprint density at radius 3 is 2.13 bits per heavy atom. The van der Waals surface area contributed by atoms with E-state index in [1.54, 1.807) is 25.7 Å². The van der Waals surface area contributed by atoms with Gasteiger partial charge in [-0.1, -0.05) is 19.3 Å². The van der Waals surface area contributed by atoms with E-state index in [0.717, 1.165) is 38.5 Å². The van der Waals surface area contributed by atoms with Gasteiger partial charge < -0.3 is 0 Å². The number of nitrogens with one attached hydrogen (secondary N) is 4. The van der Waals surface area contributed by atoms with Gasteiger partial charge in [-0.25, -0.2) is 8.42 Å². The first kappa shape index (κ1) is 43.4. The second-order valence-corrected chi connectivity index (χ2v) is 23.4. The number of carbonyl (C=O) groups excluding carboxylic acids is 5. The first-order valence-corrected chi connectivity index (χ1v) is 23.6. The molecule has 3 aliphatic carbocycles. The molecular formula is C38H62FIN5O7S-. The molecule has 1 heterocycles. The van der Waals surface area contributed by atoms with E-state index in [0.29, 0.717) is 36.7 Å². The van der Waals surface area contributed by atoms with Crippen LogP contribution in [0, 0.1) is 22.7 Å². The summed E-state index contributed by atoms with van der Waals surface area (Å²) in [5, 5.41) is 11.4. The molecule has 5 atom stereocenters. The Labute approximate surface area is 325 Å². The van der Waals surface area contributed by atoms with Crippen molar-refractivity contribution in [3.8, 4) is 0 Å². The van der Waals surface area contributed by atoms with Crippen molar-refractivity contribution in [3.05, 3.63) is 12.7 Å².